The summed E-state index contributed by atoms with van der Waals surface area (Å²) in [4.78, 5) is 0. The van der Waals surface area contributed by atoms with Crippen LogP contribution < -0.4 is 10.1 Å². The Kier molecular flexibility index (Phi) is 5.26. The summed E-state index contributed by atoms with van der Waals surface area (Å²) in [6.45, 7) is 9.30. The summed E-state index contributed by atoms with van der Waals surface area (Å²) in [5.41, 5.74) is 4.98. The lowest BCUT2D eigenvalue weighted by molar-refractivity contribution is 0.210. The summed E-state index contributed by atoms with van der Waals surface area (Å²) in [5.74, 6) is 0.940. The van der Waals surface area contributed by atoms with E-state index < -0.39 is 0 Å². The molecule has 0 aliphatic carbocycles. The maximum Gasteiger partial charge on any atom is 0.119 e. The smallest absolute Gasteiger partial charge is 0.119 e. The van der Waals surface area contributed by atoms with Gasteiger partial charge in [-0.3, -0.25) is 0 Å². The fourth-order valence-electron chi connectivity index (χ4n) is 2.39. The minimum atomic E-state index is 0.175. The molecule has 0 bridgehead atoms. The molecule has 2 aromatic carbocycles. The summed E-state index contributed by atoms with van der Waals surface area (Å²) in [6, 6.07) is 14.8. The monoisotopic (exact) mass is 283 g/mol. The first kappa shape index (κ1) is 15.4. The van der Waals surface area contributed by atoms with Crippen molar-refractivity contribution in [3.8, 4) is 5.75 Å². The van der Waals surface area contributed by atoms with E-state index in [1.165, 1.54) is 22.4 Å². The first-order valence-electron chi connectivity index (χ1n) is 7.62. The topological polar surface area (TPSA) is 21.3 Å². The Morgan fingerprint density at radius 3 is 2.10 bits per heavy atom. The van der Waals surface area contributed by atoms with Gasteiger partial charge in [-0.05, 0) is 62.6 Å². The summed E-state index contributed by atoms with van der Waals surface area (Å²) >= 11 is 0. The Morgan fingerprint density at radius 2 is 1.52 bits per heavy atom. The van der Waals surface area contributed by atoms with Gasteiger partial charge in [-0.15, -0.1) is 0 Å². The van der Waals surface area contributed by atoms with E-state index in [-0.39, 0.29) is 6.10 Å². The molecule has 1 atom stereocenters. The molecule has 1 N–H and O–H groups in total. The molecule has 0 saturated heterocycles. The molecular weight excluding hydrogens is 258 g/mol. The van der Waals surface area contributed by atoms with Crippen LogP contribution in [-0.4, -0.2) is 12.6 Å². The molecule has 0 saturated carbocycles. The molecule has 2 heteroatoms. The van der Waals surface area contributed by atoms with Gasteiger partial charge in [-0.2, -0.15) is 0 Å². The first-order chi connectivity index (χ1) is 10.1. The number of rotatable bonds is 6. The number of hydrogen-bond acceptors (Lipinski definition) is 2. The van der Waals surface area contributed by atoms with Crippen LogP contribution in [0.2, 0.25) is 0 Å². The zero-order valence-electron chi connectivity index (χ0n) is 13.4. The van der Waals surface area contributed by atoms with E-state index in [2.05, 4.69) is 63.3 Å². The van der Waals surface area contributed by atoms with Crippen LogP contribution in [0, 0.1) is 20.8 Å². The van der Waals surface area contributed by atoms with Crippen molar-refractivity contribution in [3.05, 3.63) is 59.2 Å². The Bertz CT molecular complexity index is 554. The molecule has 0 aliphatic heterocycles. The molecule has 0 radical (unpaired) electrons. The number of ether oxygens (including phenoxy) is 1. The van der Waals surface area contributed by atoms with Crippen molar-refractivity contribution in [1.29, 1.82) is 0 Å². The van der Waals surface area contributed by atoms with E-state index in [1.807, 2.05) is 12.1 Å². The molecule has 21 heavy (non-hydrogen) atoms. The van der Waals surface area contributed by atoms with Crippen molar-refractivity contribution >= 4 is 5.69 Å². The molecule has 2 aromatic rings. The Hall–Kier alpha value is -1.96. The SMILES string of the molecule is CCC(CNc1cc(C)cc(C)c1)Oc1ccc(C)cc1. The van der Waals surface area contributed by atoms with Crippen LogP contribution in [0.25, 0.3) is 0 Å². The summed E-state index contributed by atoms with van der Waals surface area (Å²) in [6.07, 6.45) is 1.15. The van der Waals surface area contributed by atoms with E-state index in [9.17, 15) is 0 Å². The molecular formula is C19H25NO. The fourth-order valence-corrected chi connectivity index (χ4v) is 2.39. The van der Waals surface area contributed by atoms with Gasteiger partial charge in [-0.25, -0.2) is 0 Å². The molecule has 0 fully saturated rings. The minimum Gasteiger partial charge on any atom is -0.489 e. The zero-order chi connectivity index (χ0) is 15.2. The molecule has 0 aliphatic rings. The second-order valence-corrected chi connectivity index (χ2v) is 5.72. The van der Waals surface area contributed by atoms with E-state index in [4.69, 9.17) is 4.74 Å². The Balaban J connectivity index is 1.94. The standard InChI is InChI=1S/C19H25NO/c1-5-18(21-19-8-6-14(2)7-9-19)13-20-17-11-15(3)10-16(4)12-17/h6-12,18,20H,5,13H2,1-4H3. The minimum absolute atomic E-state index is 0.175. The quantitative estimate of drug-likeness (QED) is 0.815. The number of anilines is 1. The Morgan fingerprint density at radius 1 is 0.905 bits per heavy atom. The van der Waals surface area contributed by atoms with Crippen molar-refractivity contribution in [2.75, 3.05) is 11.9 Å². The number of benzene rings is 2. The highest BCUT2D eigenvalue weighted by Crippen LogP contribution is 2.17. The third-order valence-corrected chi connectivity index (χ3v) is 3.53. The first-order valence-corrected chi connectivity index (χ1v) is 7.62. The largest absolute Gasteiger partial charge is 0.489 e. The average molecular weight is 283 g/mol. The molecule has 0 spiro atoms. The third kappa shape index (κ3) is 4.82. The van der Waals surface area contributed by atoms with Crippen LogP contribution in [0.5, 0.6) is 5.75 Å². The van der Waals surface area contributed by atoms with E-state index >= 15 is 0 Å². The second kappa shape index (κ2) is 7.16. The van der Waals surface area contributed by atoms with Gasteiger partial charge in [0.2, 0.25) is 0 Å². The number of nitrogens with one attached hydrogen (secondary N) is 1. The molecule has 0 amide bonds. The van der Waals surface area contributed by atoms with Gasteiger partial charge in [0, 0.05) is 5.69 Å². The zero-order valence-corrected chi connectivity index (χ0v) is 13.4. The lowest BCUT2D eigenvalue weighted by Gasteiger charge is -2.19. The highest BCUT2D eigenvalue weighted by molar-refractivity contribution is 5.48. The molecule has 2 nitrogen and oxygen atoms in total. The molecule has 1 unspecified atom stereocenters. The van der Waals surface area contributed by atoms with Crippen molar-refractivity contribution < 1.29 is 4.74 Å². The normalized spacial score (nSPS) is 12.0. The van der Waals surface area contributed by atoms with Crippen LogP contribution in [0.3, 0.4) is 0 Å². The highest BCUT2D eigenvalue weighted by atomic mass is 16.5. The van der Waals surface area contributed by atoms with Crippen molar-refractivity contribution in [3.63, 3.8) is 0 Å². The molecule has 0 heterocycles. The predicted molar refractivity (Wildman–Crippen MR) is 90.3 cm³/mol. The van der Waals surface area contributed by atoms with E-state index in [0.29, 0.717) is 0 Å². The fraction of sp³-hybridized carbons (Fsp3) is 0.368. The number of aryl methyl sites for hydroxylation is 3. The average Bonchev–Trinajstić information content (AvgIpc) is 2.44. The van der Waals surface area contributed by atoms with Gasteiger partial charge >= 0.3 is 0 Å². The summed E-state index contributed by atoms with van der Waals surface area (Å²) in [7, 11) is 0. The Labute approximate surface area is 128 Å². The van der Waals surface area contributed by atoms with Crippen LogP contribution in [0.4, 0.5) is 5.69 Å². The van der Waals surface area contributed by atoms with Gasteiger partial charge in [0.1, 0.15) is 11.9 Å². The molecule has 112 valence electrons. The lowest BCUT2D eigenvalue weighted by atomic mass is 10.1. The maximum atomic E-state index is 6.04. The van der Waals surface area contributed by atoms with Crippen molar-refractivity contribution in [1.82, 2.24) is 0 Å². The van der Waals surface area contributed by atoms with Gasteiger partial charge in [-0.1, -0.05) is 30.7 Å². The summed E-state index contributed by atoms with van der Waals surface area (Å²) < 4.78 is 6.04. The second-order valence-electron chi connectivity index (χ2n) is 5.72. The van der Waals surface area contributed by atoms with Crippen LogP contribution in [0.15, 0.2) is 42.5 Å². The maximum absolute atomic E-state index is 6.04. The van der Waals surface area contributed by atoms with E-state index in [1.54, 1.807) is 0 Å². The van der Waals surface area contributed by atoms with Crippen molar-refractivity contribution in [2.45, 2.75) is 40.2 Å². The van der Waals surface area contributed by atoms with Gasteiger partial charge in [0.05, 0.1) is 6.54 Å². The molecule has 0 aromatic heterocycles. The molecule has 2 rings (SSSR count). The summed E-state index contributed by atoms with van der Waals surface area (Å²) in [5, 5.41) is 3.48. The van der Waals surface area contributed by atoms with Crippen LogP contribution in [-0.2, 0) is 0 Å². The highest BCUT2D eigenvalue weighted by Gasteiger charge is 2.08. The number of hydrogen-bond donors (Lipinski definition) is 1. The van der Waals surface area contributed by atoms with Gasteiger partial charge in [0.25, 0.3) is 0 Å². The predicted octanol–water partition coefficient (Wildman–Crippen LogP) is 4.88. The lowest BCUT2D eigenvalue weighted by Crippen LogP contribution is -2.25. The van der Waals surface area contributed by atoms with Crippen molar-refractivity contribution in [2.24, 2.45) is 0 Å². The van der Waals surface area contributed by atoms with Gasteiger partial charge in [0.15, 0.2) is 0 Å². The van der Waals surface area contributed by atoms with E-state index in [0.717, 1.165) is 18.7 Å². The third-order valence-electron chi connectivity index (χ3n) is 3.53. The van der Waals surface area contributed by atoms with Crippen LogP contribution in [0.1, 0.15) is 30.0 Å². The van der Waals surface area contributed by atoms with Crippen LogP contribution >= 0.6 is 0 Å². The van der Waals surface area contributed by atoms with Gasteiger partial charge < -0.3 is 10.1 Å².